The SMILES string of the molecule is Cc1nn(-c2ccccc2)c(C)c1NC(=O)CN1CCC(C(=O)c2cc(F)ccc2F)CC1. The van der Waals surface area contributed by atoms with Crippen molar-refractivity contribution in [3.63, 3.8) is 0 Å². The maximum atomic E-state index is 13.9. The topological polar surface area (TPSA) is 67.2 Å². The monoisotopic (exact) mass is 452 g/mol. The molecule has 1 aliphatic rings. The number of carbonyl (C=O) groups excluding carboxylic acids is 2. The molecule has 2 heterocycles. The van der Waals surface area contributed by atoms with E-state index in [9.17, 15) is 18.4 Å². The van der Waals surface area contributed by atoms with Gasteiger partial charge < -0.3 is 5.32 Å². The van der Waals surface area contributed by atoms with Crippen LogP contribution in [-0.2, 0) is 4.79 Å². The Kier molecular flexibility index (Phi) is 6.65. The molecule has 1 amide bonds. The number of nitrogens with one attached hydrogen (secondary N) is 1. The third-order valence-electron chi connectivity index (χ3n) is 6.08. The van der Waals surface area contributed by atoms with E-state index in [0.29, 0.717) is 31.6 Å². The summed E-state index contributed by atoms with van der Waals surface area (Å²) in [4.78, 5) is 27.3. The first-order chi connectivity index (χ1) is 15.8. The van der Waals surface area contributed by atoms with Crippen LogP contribution in [0.4, 0.5) is 14.5 Å². The highest BCUT2D eigenvalue weighted by atomic mass is 19.1. The van der Waals surface area contributed by atoms with Crippen molar-refractivity contribution in [3.8, 4) is 5.69 Å². The number of likely N-dealkylation sites (tertiary alicyclic amines) is 1. The van der Waals surface area contributed by atoms with Crippen molar-refractivity contribution in [2.24, 2.45) is 5.92 Å². The average molecular weight is 453 g/mol. The molecule has 172 valence electrons. The number of aryl methyl sites for hydroxylation is 1. The Hall–Kier alpha value is -3.39. The van der Waals surface area contributed by atoms with Gasteiger partial charge in [0.1, 0.15) is 11.6 Å². The van der Waals surface area contributed by atoms with E-state index in [2.05, 4.69) is 10.4 Å². The predicted molar refractivity (Wildman–Crippen MR) is 122 cm³/mol. The summed E-state index contributed by atoms with van der Waals surface area (Å²) < 4.78 is 29.2. The number of Topliss-reactive ketones (excluding diaryl/α,β-unsaturated/α-hetero) is 1. The summed E-state index contributed by atoms with van der Waals surface area (Å²) in [6.45, 7) is 5.00. The van der Waals surface area contributed by atoms with Crippen LogP contribution in [-0.4, -0.2) is 46.0 Å². The molecule has 8 heteroatoms. The fourth-order valence-corrected chi connectivity index (χ4v) is 4.29. The van der Waals surface area contributed by atoms with Gasteiger partial charge in [0.15, 0.2) is 5.78 Å². The van der Waals surface area contributed by atoms with Crippen molar-refractivity contribution < 1.29 is 18.4 Å². The molecule has 1 saturated heterocycles. The van der Waals surface area contributed by atoms with Crippen molar-refractivity contribution in [2.75, 3.05) is 25.0 Å². The Labute approximate surface area is 191 Å². The van der Waals surface area contributed by atoms with E-state index >= 15 is 0 Å². The number of piperidine rings is 1. The fourth-order valence-electron chi connectivity index (χ4n) is 4.29. The molecule has 33 heavy (non-hydrogen) atoms. The van der Waals surface area contributed by atoms with E-state index in [4.69, 9.17) is 0 Å². The number of para-hydroxylation sites is 1. The second kappa shape index (κ2) is 9.62. The summed E-state index contributed by atoms with van der Waals surface area (Å²) in [5.74, 6) is -2.25. The summed E-state index contributed by atoms with van der Waals surface area (Å²) in [6.07, 6.45) is 0.984. The second-order valence-corrected chi connectivity index (χ2v) is 8.38. The fraction of sp³-hybridized carbons (Fsp3) is 0.320. The number of ketones is 1. The molecule has 0 saturated carbocycles. The lowest BCUT2D eigenvalue weighted by Crippen LogP contribution is -2.41. The average Bonchev–Trinajstić information content (AvgIpc) is 3.09. The van der Waals surface area contributed by atoms with E-state index < -0.39 is 11.6 Å². The lowest BCUT2D eigenvalue weighted by atomic mass is 9.88. The quantitative estimate of drug-likeness (QED) is 0.567. The number of halogens is 2. The van der Waals surface area contributed by atoms with Gasteiger partial charge in [-0.15, -0.1) is 0 Å². The van der Waals surface area contributed by atoms with Crippen LogP contribution in [0.5, 0.6) is 0 Å². The highest BCUT2D eigenvalue weighted by Crippen LogP contribution is 2.25. The number of benzene rings is 2. The van der Waals surface area contributed by atoms with Crippen LogP contribution in [0, 0.1) is 31.4 Å². The minimum absolute atomic E-state index is 0.158. The molecule has 4 rings (SSSR count). The smallest absolute Gasteiger partial charge is 0.238 e. The van der Waals surface area contributed by atoms with Gasteiger partial charge in [-0.25, -0.2) is 13.5 Å². The summed E-state index contributed by atoms with van der Waals surface area (Å²) >= 11 is 0. The van der Waals surface area contributed by atoms with Crippen LogP contribution in [0.25, 0.3) is 5.69 Å². The standard InChI is InChI=1S/C25H26F2N4O2/c1-16-24(17(2)31(29-16)20-6-4-3-5-7-20)28-23(32)15-30-12-10-18(11-13-30)25(33)21-14-19(26)8-9-22(21)27/h3-9,14,18H,10-13,15H2,1-2H3,(H,28,32). The minimum atomic E-state index is -0.704. The third-order valence-corrected chi connectivity index (χ3v) is 6.08. The van der Waals surface area contributed by atoms with Crippen LogP contribution in [0.3, 0.4) is 0 Å². The van der Waals surface area contributed by atoms with Crippen LogP contribution < -0.4 is 5.32 Å². The molecule has 0 bridgehead atoms. The molecule has 6 nitrogen and oxygen atoms in total. The highest BCUT2D eigenvalue weighted by molar-refractivity contribution is 5.98. The van der Waals surface area contributed by atoms with Gasteiger partial charge in [-0.1, -0.05) is 18.2 Å². The molecule has 0 atom stereocenters. The highest BCUT2D eigenvalue weighted by Gasteiger charge is 2.28. The number of rotatable bonds is 6. The minimum Gasteiger partial charge on any atom is -0.322 e. The van der Waals surface area contributed by atoms with Gasteiger partial charge in [-0.2, -0.15) is 5.10 Å². The summed E-state index contributed by atoms with van der Waals surface area (Å²) in [6, 6.07) is 12.6. The van der Waals surface area contributed by atoms with E-state index in [1.165, 1.54) is 0 Å². The van der Waals surface area contributed by atoms with Crippen LogP contribution >= 0.6 is 0 Å². The lowest BCUT2D eigenvalue weighted by Gasteiger charge is -2.30. The molecule has 1 aliphatic heterocycles. The molecule has 0 spiro atoms. The van der Waals surface area contributed by atoms with Crippen molar-refractivity contribution in [2.45, 2.75) is 26.7 Å². The van der Waals surface area contributed by atoms with Gasteiger partial charge in [0.25, 0.3) is 0 Å². The van der Waals surface area contributed by atoms with E-state index in [1.54, 1.807) is 4.68 Å². The number of nitrogens with zero attached hydrogens (tertiary/aromatic N) is 3. The number of amides is 1. The van der Waals surface area contributed by atoms with Crippen LogP contribution in [0.15, 0.2) is 48.5 Å². The Balaban J connectivity index is 1.34. The lowest BCUT2D eigenvalue weighted by molar-refractivity contribution is -0.117. The number of aromatic nitrogens is 2. The Bertz CT molecular complexity index is 1170. The van der Waals surface area contributed by atoms with Gasteiger partial charge in [-0.05, 0) is 70.1 Å². The first-order valence-electron chi connectivity index (χ1n) is 11.0. The van der Waals surface area contributed by atoms with Crippen molar-refractivity contribution in [1.29, 1.82) is 0 Å². The zero-order valence-corrected chi connectivity index (χ0v) is 18.6. The van der Waals surface area contributed by atoms with Gasteiger partial charge >= 0.3 is 0 Å². The molecule has 1 aromatic heterocycles. The van der Waals surface area contributed by atoms with Crippen molar-refractivity contribution in [3.05, 3.63) is 77.1 Å². The number of hydrogen-bond acceptors (Lipinski definition) is 4. The zero-order valence-electron chi connectivity index (χ0n) is 18.6. The number of hydrogen-bond donors (Lipinski definition) is 1. The number of anilines is 1. The van der Waals surface area contributed by atoms with E-state index in [-0.39, 0.29) is 29.7 Å². The number of carbonyl (C=O) groups is 2. The molecule has 0 radical (unpaired) electrons. The predicted octanol–water partition coefficient (Wildman–Crippen LogP) is 4.30. The second-order valence-electron chi connectivity index (χ2n) is 8.38. The van der Waals surface area contributed by atoms with Gasteiger partial charge in [0.2, 0.25) is 5.91 Å². The molecule has 3 aromatic rings. The Morgan fingerprint density at radius 3 is 2.45 bits per heavy atom. The van der Waals surface area contributed by atoms with Crippen LogP contribution in [0.1, 0.15) is 34.6 Å². The van der Waals surface area contributed by atoms with Gasteiger partial charge in [-0.3, -0.25) is 14.5 Å². The van der Waals surface area contributed by atoms with Gasteiger partial charge in [0.05, 0.1) is 34.9 Å². The van der Waals surface area contributed by atoms with E-state index in [1.807, 2.05) is 49.1 Å². The largest absolute Gasteiger partial charge is 0.322 e. The van der Waals surface area contributed by atoms with Crippen molar-refractivity contribution >= 4 is 17.4 Å². The van der Waals surface area contributed by atoms with Crippen molar-refractivity contribution in [1.82, 2.24) is 14.7 Å². The normalized spacial score (nSPS) is 14.9. The summed E-state index contributed by atoms with van der Waals surface area (Å²) in [5, 5.41) is 7.51. The molecular formula is C25H26F2N4O2. The molecule has 2 aromatic carbocycles. The van der Waals surface area contributed by atoms with Crippen LogP contribution in [0.2, 0.25) is 0 Å². The first kappa shape index (κ1) is 22.8. The third kappa shape index (κ3) is 5.01. The first-order valence-corrected chi connectivity index (χ1v) is 11.0. The zero-order chi connectivity index (χ0) is 23.5. The molecule has 1 N–H and O–H groups in total. The summed E-state index contributed by atoms with van der Waals surface area (Å²) in [7, 11) is 0. The van der Waals surface area contributed by atoms with Gasteiger partial charge in [0, 0.05) is 5.92 Å². The Morgan fingerprint density at radius 2 is 1.76 bits per heavy atom. The van der Waals surface area contributed by atoms with E-state index in [0.717, 1.165) is 35.3 Å². The molecular weight excluding hydrogens is 426 g/mol. The maximum Gasteiger partial charge on any atom is 0.238 e. The summed E-state index contributed by atoms with van der Waals surface area (Å²) in [5.41, 5.74) is 2.97. The molecule has 1 fully saturated rings. The Morgan fingerprint density at radius 1 is 1.06 bits per heavy atom. The molecule has 0 unspecified atom stereocenters. The maximum absolute atomic E-state index is 13.9. The molecule has 0 aliphatic carbocycles.